The summed E-state index contributed by atoms with van der Waals surface area (Å²) in [6.45, 7) is 0. The van der Waals surface area contributed by atoms with Gasteiger partial charge in [0.25, 0.3) is 5.91 Å². The van der Waals surface area contributed by atoms with Crippen LogP contribution in [0.2, 0.25) is 0 Å². The quantitative estimate of drug-likeness (QED) is 0.462. The number of anilines is 1. The maximum absolute atomic E-state index is 12.4. The fraction of sp³-hybridized carbons (Fsp3) is 0. The van der Waals surface area contributed by atoms with Gasteiger partial charge in [0.2, 0.25) is 0 Å². The molecule has 7 heteroatoms. The lowest BCUT2D eigenvalue weighted by atomic mass is 10.0. The molecule has 0 bridgehead atoms. The highest BCUT2D eigenvalue weighted by molar-refractivity contribution is 6.09. The summed E-state index contributed by atoms with van der Waals surface area (Å²) in [5, 5.41) is 11.8. The molecule has 5 rings (SSSR count). The number of H-pyrrole nitrogens is 2. The van der Waals surface area contributed by atoms with Gasteiger partial charge >= 0.3 is 0 Å². The molecule has 0 atom stereocenters. The molecule has 26 heavy (non-hydrogen) atoms. The molecule has 5 aromatic rings. The fourth-order valence-electron chi connectivity index (χ4n) is 3.11. The van der Waals surface area contributed by atoms with Gasteiger partial charge in [0.05, 0.1) is 23.7 Å². The molecule has 1 amide bonds. The lowest BCUT2D eigenvalue weighted by Gasteiger charge is -2.09. The minimum absolute atomic E-state index is 0.254. The normalized spacial score (nSPS) is 11.2. The van der Waals surface area contributed by atoms with Gasteiger partial charge in [0.15, 0.2) is 5.76 Å². The molecular weight excluding hydrogens is 330 g/mol. The van der Waals surface area contributed by atoms with E-state index in [1.165, 1.54) is 6.26 Å². The highest BCUT2D eigenvalue weighted by Gasteiger charge is 2.14. The molecule has 0 radical (unpaired) electrons. The van der Waals surface area contributed by atoms with Crippen molar-refractivity contribution in [2.45, 2.75) is 0 Å². The van der Waals surface area contributed by atoms with E-state index in [0.717, 1.165) is 33.1 Å². The van der Waals surface area contributed by atoms with Crippen molar-refractivity contribution in [2.24, 2.45) is 0 Å². The van der Waals surface area contributed by atoms with E-state index in [2.05, 4.69) is 25.5 Å². The summed E-state index contributed by atoms with van der Waals surface area (Å²) in [6, 6.07) is 11.2. The van der Waals surface area contributed by atoms with Gasteiger partial charge in [-0.25, -0.2) is 4.98 Å². The Bertz CT molecular complexity index is 1230. The number of furan rings is 1. The molecule has 0 unspecified atom stereocenters. The zero-order valence-electron chi connectivity index (χ0n) is 13.5. The summed E-state index contributed by atoms with van der Waals surface area (Å²) in [5.74, 6) is -0.0554. The van der Waals surface area contributed by atoms with Crippen LogP contribution in [0.3, 0.4) is 0 Å². The SMILES string of the molecule is O=C(Nc1cc(-c2ccnc3[nH]ccc23)cc2[nH]ncc12)c1ccco1. The summed E-state index contributed by atoms with van der Waals surface area (Å²) < 4.78 is 5.18. The molecule has 0 spiro atoms. The van der Waals surface area contributed by atoms with Gasteiger partial charge in [0.1, 0.15) is 5.65 Å². The van der Waals surface area contributed by atoms with Crippen LogP contribution in [0.4, 0.5) is 5.69 Å². The first-order chi connectivity index (χ1) is 12.8. The average Bonchev–Trinajstić information content (AvgIpc) is 3.40. The Morgan fingerprint density at radius 1 is 1.15 bits per heavy atom. The van der Waals surface area contributed by atoms with E-state index in [-0.39, 0.29) is 11.7 Å². The van der Waals surface area contributed by atoms with Crippen molar-refractivity contribution in [1.29, 1.82) is 0 Å². The third-order valence-corrected chi connectivity index (χ3v) is 4.32. The first-order valence-electron chi connectivity index (χ1n) is 8.04. The van der Waals surface area contributed by atoms with Gasteiger partial charge in [-0.15, -0.1) is 0 Å². The van der Waals surface area contributed by atoms with Crippen LogP contribution in [-0.2, 0) is 0 Å². The first kappa shape index (κ1) is 14.5. The monoisotopic (exact) mass is 343 g/mol. The molecule has 1 aromatic carbocycles. The van der Waals surface area contributed by atoms with E-state index in [4.69, 9.17) is 4.42 Å². The second-order valence-electron chi connectivity index (χ2n) is 5.88. The molecule has 4 heterocycles. The van der Waals surface area contributed by atoms with Crippen LogP contribution in [0, 0.1) is 0 Å². The van der Waals surface area contributed by atoms with Gasteiger partial charge in [0, 0.05) is 23.2 Å². The number of benzene rings is 1. The number of aromatic nitrogens is 4. The molecule has 7 nitrogen and oxygen atoms in total. The van der Waals surface area contributed by atoms with Crippen LogP contribution in [0.5, 0.6) is 0 Å². The number of carbonyl (C=O) groups excluding carboxylic acids is 1. The Hall–Kier alpha value is -3.87. The molecule has 3 N–H and O–H groups in total. The van der Waals surface area contributed by atoms with Crippen molar-refractivity contribution in [1.82, 2.24) is 20.2 Å². The fourth-order valence-corrected chi connectivity index (χ4v) is 3.11. The van der Waals surface area contributed by atoms with Crippen molar-refractivity contribution in [3.05, 3.63) is 67.0 Å². The highest BCUT2D eigenvalue weighted by Crippen LogP contribution is 2.33. The number of fused-ring (bicyclic) bond motifs is 2. The molecular formula is C19H13N5O2. The molecule has 0 saturated heterocycles. The lowest BCUT2D eigenvalue weighted by molar-refractivity contribution is 0.0997. The van der Waals surface area contributed by atoms with Gasteiger partial charge in [-0.3, -0.25) is 9.89 Å². The van der Waals surface area contributed by atoms with E-state index >= 15 is 0 Å². The largest absolute Gasteiger partial charge is 0.459 e. The van der Waals surface area contributed by atoms with Crippen LogP contribution in [0.1, 0.15) is 10.6 Å². The minimum Gasteiger partial charge on any atom is -0.459 e. The average molecular weight is 343 g/mol. The Morgan fingerprint density at radius 2 is 2.12 bits per heavy atom. The van der Waals surface area contributed by atoms with Crippen LogP contribution in [0.15, 0.2) is 65.7 Å². The zero-order chi connectivity index (χ0) is 17.5. The van der Waals surface area contributed by atoms with Gasteiger partial charge in [-0.2, -0.15) is 5.10 Å². The second-order valence-corrected chi connectivity index (χ2v) is 5.88. The van der Waals surface area contributed by atoms with Crippen molar-refractivity contribution < 1.29 is 9.21 Å². The standard InChI is InChI=1S/C19H13N5O2/c25-19(17-2-1-7-26-17)23-15-8-11(9-16-14(15)10-22-24-16)12-3-5-20-18-13(12)4-6-21-18/h1-10H,(H,20,21)(H,22,24)(H,23,25). The van der Waals surface area contributed by atoms with E-state index in [9.17, 15) is 4.79 Å². The van der Waals surface area contributed by atoms with E-state index in [1.54, 1.807) is 24.5 Å². The maximum Gasteiger partial charge on any atom is 0.291 e. The number of hydrogen-bond donors (Lipinski definition) is 3. The van der Waals surface area contributed by atoms with Gasteiger partial charge < -0.3 is 14.7 Å². The Balaban J connectivity index is 1.66. The second kappa shape index (κ2) is 5.59. The number of nitrogens with one attached hydrogen (secondary N) is 3. The summed E-state index contributed by atoms with van der Waals surface area (Å²) in [4.78, 5) is 19.8. The molecule has 4 aromatic heterocycles. The number of nitrogens with zero attached hydrogens (tertiary/aromatic N) is 2. The maximum atomic E-state index is 12.4. The molecule has 0 aliphatic rings. The summed E-state index contributed by atoms with van der Waals surface area (Å²) in [6.07, 6.45) is 6.77. The minimum atomic E-state index is -0.309. The van der Waals surface area contributed by atoms with Crippen LogP contribution >= 0.6 is 0 Å². The van der Waals surface area contributed by atoms with Gasteiger partial charge in [-0.05, 0) is 47.5 Å². The number of pyridine rings is 1. The predicted octanol–water partition coefficient (Wildman–Crippen LogP) is 3.95. The molecule has 126 valence electrons. The molecule has 0 aliphatic heterocycles. The zero-order valence-corrected chi connectivity index (χ0v) is 13.5. The summed E-state index contributed by atoms with van der Waals surface area (Å²) >= 11 is 0. The van der Waals surface area contributed by atoms with E-state index < -0.39 is 0 Å². The number of aromatic amines is 2. The van der Waals surface area contributed by atoms with Crippen LogP contribution in [0.25, 0.3) is 33.1 Å². The topological polar surface area (TPSA) is 99.6 Å². The van der Waals surface area contributed by atoms with E-state index in [1.807, 2.05) is 30.5 Å². The third kappa shape index (κ3) is 2.26. The number of rotatable bonds is 3. The molecule has 0 aliphatic carbocycles. The van der Waals surface area contributed by atoms with Crippen molar-refractivity contribution in [2.75, 3.05) is 5.32 Å². The smallest absolute Gasteiger partial charge is 0.291 e. The van der Waals surface area contributed by atoms with E-state index in [0.29, 0.717) is 5.69 Å². The Kier molecular flexibility index (Phi) is 3.11. The van der Waals surface area contributed by atoms with Crippen LogP contribution < -0.4 is 5.32 Å². The Morgan fingerprint density at radius 3 is 3.00 bits per heavy atom. The van der Waals surface area contributed by atoms with Crippen LogP contribution in [-0.4, -0.2) is 26.1 Å². The third-order valence-electron chi connectivity index (χ3n) is 4.32. The van der Waals surface area contributed by atoms with Gasteiger partial charge in [-0.1, -0.05) is 0 Å². The van der Waals surface area contributed by atoms with Crippen molar-refractivity contribution in [3.63, 3.8) is 0 Å². The summed E-state index contributed by atoms with van der Waals surface area (Å²) in [5.41, 5.74) is 4.27. The first-order valence-corrected chi connectivity index (χ1v) is 8.04. The number of carbonyl (C=O) groups is 1. The highest BCUT2D eigenvalue weighted by atomic mass is 16.3. The lowest BCUT2D eigenvalue weighted by Crippen LogP contribution is -2.11. The Labute approximate surface area is 147 Å². The molecule has 0 fully saturated rings. The molecule has 0 saturated carbocycles. The number of hydrogen-bond acceptors (Lipinski definition) is 4. The van der Waals surface area contributed by atoms with Crippen molar-refractivity contribution in [3.8, 4) is 11.1 Å². The predicted molar refractivity (Wildman–Crippen MR) is 97.8 cm³/mol. The van der Waals surface area contributed by atoms with Crippen molar-refractivity contribution >= 4 is 33.5 Å². The summed E-state index contributed by atoms with van der Waals surface area (Å²) in [7, 11) is 0. The number of amides is 1.